The molecule has 1 aliphatic rings. The second-order valence-electron chi connectivity index (χ2n) is 4.73. The first kappa shape index (κ1) is 10.5. The molecule has 0 bridgehead atoms. The van der Waals surface area contributed by atoms with E-state index < -0.39 is 0 Å². The van der Waals surface area contributed by atoms with Crippen LogP contribution in [0, 0.1) is 0 Å². The molecular formula is C12H16N4O. The number of aromatic nitrogens is 3. The molecule has 0 aliphatic carbocycles. The van der Waals surface area contributed by atoms with Crippen molar-refractivity contribution >= 4 is 11.0 Å². The molecule has 0 aromatic carbocycles. The third-order valence-electron chi connectivity index (χ3n) is 3.57. The Bertz CT molecular complexity index is 577. The number of fused-ring (bicyclic) bond motifs is 1. The van der Waals surface area contributed by atoms with E-state index in [-0.39, 0.29) is 5.69 Å². The number of hydrogen-bond donors (Lipinski definition) is 1. The van der Waals surface area contributed by atoms with Crippen LogP contribution in [0.15, 0.2) is 23.3 Å². The SMILES string of the molecule is CN1CCC(n2c(=O)[nH]c3cnccc32)CC1. The van der Waals surface area contributed by atoms with Crippen LogP contribution in [0.2, 0.25) is 0 Å². The van der Waals surface area contributed by atoms with Crippen molar-refractivity contribution in [3.05, 3.63) is 28.9 Å². The Morgan fingerprint density at radius 1 is 1.41 bits per heavy atom. The lowest BCUT2D eigenvalue weighted by Crippen LogP contribution is -2.34. The first-order valence-corrected chi connectivity index (χ1v) is 5.98. The molecule has 1 fully saturated rings. The summed E-state index contributed by atoms with van der Waals surface area (Å²) >= 11 is 0. The van der Waals surface area contributed by atoms with Gasteiger partial charge in [0.1, 0.15) is 0 Å². The molecule has 90 valence electrons. The van der Waals surface area contributed by atoms with Gasteiger partial charge in [0.25, 0.3) is 0 Å². The van der Waals surface area contributed by atoms with Crippen LogP contribution in [0.25, 0.3) is 11.0 Å². The number of nitrogens with zero attached hydrogens (tertiary/aromatic N) is 3. The average Bonchev–Trinajstić information content (AvgIpc) is 2.66. The summed E-state index contributed by atoms with van der Waals surface area (Å²) in [6.45, 7) is 2.10. The molecule has 3 heterocycles. The Kier molecular flexibility index (Phi) is 2.48. The minimum atomic E-state index is -0.0115. The van der Waals surface area contributed by atoms with Crippen LogP contribution in [0.3, 0.4) is 0 Å². The lowest BCUT2D eigenvalue weighted by atomic mass is 10.1. The van der Waals surface area contributed by atoms with E-state index in [1.54, 1.807) is 12.4 Å². The van der Waals surface area contributed by atoms with E-state index in [0.29, 0.717) is 6.04 Å². The van der Waals surface area contributed by atoms with Crippen molar-refractivity contribution in [1.82, 2.24) is 19.4 Å². The number of hydrogen-bond acceptors (Lipinski definition) is 3. The highest BCUT2D eigenvalue weighted by Gasteiger charge is 2.21. The maximum absolute atomic E-state index is 12.0. The number of pyridine rings is 1. The van der Waals surface area contributed by atoms with Crippen LogP contribution in [0.1, 0.15) is 18.9 Å². The Balaban J connectivity index is 2.05. The van der Waals surface area contributed by atoms with Gasteiger partial charge in [-0.05, 0) is 39.0 Å². The van der Waals surface area contributed by atoms with Gasteiger partial charge in [0.15, 0.2) is 0 Å². The summed E-state index contributed by atoms with van der Waals surface area (Å²) in [6.07, 6.45) is 5.51. The zero-order chi connectivity index (χ0) is 11.8. The molecule has 0 radical (unpaired) electrons. The number of imidazole rings is 1. The van der Waals surface area contributed by atoms with Crippen molar-refractivity contribution in [2.24, 2.45) is 0 Å². The standard InChI is InChI=1S/C12H16N4O/c1-15-6-3-9(4-7-15)16-11-2-5-13-8-10(11)14-12(16)17/h2,5,8-9H,3-4,6-7H2,1H3,(H,14,17). The zero-order valence-corrected chi connectivity index (χ0v) is 9.89. The van der Waals surface area contributed by atoms with Crippen LogP contribution in [0.5, 0.6) is 0 Å². The third-order valence-corrected chi connectivity index (χ3v) is 3.57. The van der Waals surface area contributed by atoms with Crippen molar-refractivity contribution in [2.45, 2.75) is 18.9 Å². The van der Waals surface area contributed by atoms with E-state index in [4.69, 9.17) is 0 Å². The molecule has 1 saturated heterocycles. The molecule has 1 aliphatic heterocycles. The fraction of sp³-hybridized carbons (Fsp3) is 0.500. The highest BCUT2D eigenvalue weighted by Crippen LogP contribution is 2.23. The number of piperidine rings is 1. The molecule has 5 nitrogen and oxygen atoms in total. The minimum Gasteiger partial charge on any atom is -0.306 e. The molecule has 2 aromatic rings. The summed E-state index contributed by atoms with van der Waals surface area (Å²) in [5.41, 5.74) is 1.79. The van der Waals surface area contributed by atoms with E-state index in [9.17, 15) is 4.79 Å². The average molecular weight is 232 g/mol. The second kappa shape index (κ2) is 4.00. The van der Waals surface area contributed by atoms with Crippen molar-refractivity contribution in [2.75, 3.05) is 20.1 Å². The minimum absolute atomic E-state index is 0.0115. The van der Waals surface area contributed by atoms with Crippen LogP contribution in [-0.2, 0) is 0 Å². The molecule has 0 amide bonds. The van der Waals surface area contributed by atoms with Gasteiger partial charge in [0.05, 0.1) is 17.2 Å². The van der Waals surface area contributed by atoms with E-state index in [2.05, 4.69) is 21.9 Å². The number of likely N-dealkylation sites (tertiary alicyclic amines) is 1. The van der Waals surface area contributed by atoms with Crippen LogP contribution >= 0.6 is 0 Å². The molecule has 1 N–H and O–H groups in total. The molecule has 3 rings (SSSR count). The largest absolute Gasteiger partial charge is 0.326 e. The Morgan fingerprint density at radius 3 is 2.94 bits per heavy atom. The van der Waals surface area contributed by atoms with Gasteiger partial charge in [0, 0.05) is 12.2 Å². The number of nitrogens with one attached hydrogen (secondary N) is 1. The third kappa shape index (κ3) is 1.76. The summed E-state index contributed by atoms with van der Waals surface area (Å²) in [5.74, 6) is 0. The van der Waals surface area contributed by atoms with Gasteiger partial charge in [-0.1, -0.05) is 0 Å². The Hall–Kier alpha value is -1.62. The Labute approximate surface area is 99.1 Å². The number of aromatic amines is 1. The predicted molar refractivity (Wildman–Crippen MR) is 66.1 cm³/mol. The number of H-pyrrole nitrogens is 1. The molecule has 0 spiro atoms. The molecule has 0 saturated carbocycles. The van der Waals surface area contributed by atoms with Gasteiger partial charge >= 0.3 is 5.69 Å². The fourth-order valence-electron chi connectivity index (χ4n) is 2.59. The summed E-state index contributed by atoms with van der Waals surface area (Å²) in [7, 11) is 2.12. The Morgan fingerprint density at radius 2 is 2.18 bits per heavy atom. The van der Waals surface area contributed by atoms with Gasteiger partial charge in [0.2, 0.25) is 0 Å². The van der Waals surface area contributed by atoms with Gasteiger partial charge in [-0.25, -0.2) is 4.79 Å². The second-order valence-corrected chi connectivity index (χ2v) is 4.73. The molecule has 2 aromatic heterocycles. The molecule has 17 heavy (non-hydrogen) atoms. The number of rotatable bonds is 1. The maximum atomic E-state index is 12.0. The first-order valence-electron chi connectivity index (χ1n) is 5.98. The fourth-order valence-corrected chi connectivity index (χ4v) is 2.59. The van der Waals surface area contributed by atoms with Crippen molar-refractivity contribution in [3.63, 3.8) is 0 Å². The van der Waals surface area contributed by atoms with E-state index >= 15 is 0 Å². The van der Waals surface area contributed by atoms with Gasteiger partial charge in [-0.2, -0.15) is 0 Å². The quantitative estimate of drug-likeness (QED) is 0.797. The van der Waals surface area contributed by atoms with Crippen molar-refractivity contribution in [3.8, 4) is 0 Å². The predicted octanol–water partition coefficient (Wildman–Crippen LogP) is 0.991. The topological polar surface area (TPSA) is 53.9 Å². The van der Waals surface area contributed by atoms with Crippen LogP contribution in [0.4, 0.5) is 0 Å². The van der Waals surface area contributed by atoms with Crippen molar-refractivity contribution in [1.29, 1.82) is 0 Å². The van der Waals surface area contributed by atoms with E-state index in [0.717, 1.165) is 37.0 Å². The molecule has 0 unspecified atom stereocenters. The monoisotopic (exact) mass is 232 g/mol. The molecule has 0 atom stereocenters. The van der Waals surface area contributed by atoms with Crippen LogP contribution in [-0.4, -0.2) is 39.6 Å². The lowest BCUT2D eigenvalue weighted by Gasteiger charge is -2.29. The van der Waals surface area contributed by atoms with Gasteiger partial charge < -0.3 is 9.88 Å². The van der Waals surface area contributed by atoms with E-state index in [1.807, 2.05) is 10.6 Å². The maximum Gasteiger partial charge on any atom is 0.326 e. The van der Waals surface area contributed by atoms with Crippen LogP contribution < -0.4 is 5.69 Å². The highest BCUT2D eigenvalue weighted by molar-refractivity contribution is 5.73. The summed E-state index contributed by atoms with van der Waals surface area (Å²) in [4.78, 5) is 21.2. The zero-order valence-electron chi connectivity index (χ0n) is 9.89. The van der Waals surface area contributed by atoms with Crippen molar-refractivity contribution < 1.29 is 0 Å². The summed E-state index contributed by atoms with van der Waals surface area (Å²) < 4.78 is 1.89. The normalized spacial score (nSPS) is 18.9. The summed E-state index contributed by atoms with van der Waals surface area (Å²) in [6, 6.07) is 2.22. The summed E-state index contributed by atoms with van der Waals surface area (Å²) in [5, 5.41) is 0. The van der Waals surface area contributed by atoms with Gasteiger partial charge in [-0.15, -0.1) is 0 Å². The first-order chi connectivity index (χ1) is 8.25. The van der Waals surface area contributed by atoms with Gasteiger partial charge in [-0.3, -0.25) is 9.55 Å². The highest BCUT2D eigenvalue weighted by atomic mass is 16.1. The molecular weight excluding hydrogens is 216 g/mol. The smallest absolute Gasteiger partial charge is 0.306 e. The van der Waals surface area contributed by atoms with E-state index in [1.165, 1.54) is 0 Å². The lowest BCUT2D eigenvalue weighted by molar-refractivity contribution is 0.221. The molecule has 5 heteroatoms.